The van der Waals surface area contributed by atoms with Gasteiger partial charge in [0.05, 0.1) is 19.9 Å². The molecular weight excluding hydrogens is 250 g/mol. The van der Waals surface area contributed by atoms with Crippen molar-refractivity contribution < 1.29 is 14.3 Å². The Hall–Kier alpha value is -1.88. The predicted molar refractivity (Wildman–Crippen MR) is 68.1 cm³/mol. The van der Waals surface area contributed by atoms with Crippen molar-refractivity contribution in [1.82, 2.24) is 4.98 Å². The summed E-state index contributed by atoms with van der Waals surface area (Å²) < 4.78 is 10.1. The van der Waals surface area contributed by atoms with E-state index in [-0.39, 0.29) is 5.97 Å². The first kappa shape index (κ1) is 11.2. The second kappa shape index (κ2) is 4.42. The maximum atomic E-state index is 11.4. The van der Waals surface area contributed by atoms with Gasteiger partial charge in [-0.05, 0) is 23.8 Å². The van der Waals surface area contributed by atoms with Crippen molar-refractivity contribution in [3.63, 3.8) is 0 Å². The van der Waals surface area contributed by atoms with Gasteiger partial charge in [-0.3, -0.25) is 0 Å². The summed E-state index contributed by atoms with van der Waals surface area (Å²) in [6.07, 6.45) is 2.48. The second-order valence-electron chi connectivity index (χ2n) is 3.94. The molecule has 3 rings (SSSR count). The molecule has 0 aliphatic carbocycles. The summed E-state index contributed by atoms with van der Waals surface area (Å²) in [4.78, 5) is 16.1. The zero-order valence-electron chi connectivity index (χ0n) is 9.80. The van der Waals surface area contributed by atoms with Gasteiger partial charge < -0.3 is 9.47 Å². The van der Waals surface area contributed by atoms with Gasteiger partial charge in [-0.25, -0.2) is 9.78 Å². The number of hydrogen-bond acceptors (Lipinski definition) is 5. The molecule has 2 aromatic rings. The van der Waals surface area contributed by atoms with Gasteiger partial charge in [0.2, 0.25) is 0 Å². The molecule has 0 bridgehead atoms. The van der Waals surface area contributed by atoms with Crippen LogP contribution >= 0.6 is 11.3 Å². The van der Waals surface area contributed by atoms with E-state index in [1.165, 1.54) is 24.0 Å². The second-order valence-corrected chi connectivity index (χ2v) is 4.97. The van der Waals surface area contributed by atoms with Crippen molar-refractivity contribution in [3.05, 3.63) is 34.8 Å². The fourth-order valence-corrected chi connectivity index (χ4v) is 2.75. The van der Waals surface area contributed by atoms with E-state index in [1.807, 2.05) is 12.1 Å². The summed E-state index contributed by atoms with van der Waals surface area (Å²) in [7, 11) is 1.37. The highest BCUT2D eigenvalue weighted by Gasteiger charge is 2.15. The molecule has 0 amide bonds. The van der Waals surface area contributed by atoms with Gasteiger partial charge in [0.25, 0.3) is 0 Å². The lowest BCUT2D eigenvalue weighted by molar-refractivity contribution is 0.0606. The van der Waals surface area contributed by atoms with Crippen LogP contribution in [0.1, 0.15) is 15.2 Å². The highest BCUT2D eigenvalue weighted by atomic mass is 32.1. The molecule has 1 aromatic carbocycles. The standard InChI is InChI=1S/C13H11NO3S/c1-16-13(15)11-7-14-12(18-11)9-2-3-10-8(6-9)4-5-17-10/h2-3,6-7H,4-5H2,1H3. The fraction of sp³-hybridized carbons (Fsp3) is 0.231. The number of rotatable bonds is 2. The molecule has 0 spiro atoms. The summed E-state index contributed by atoms with van der Waals surface area (Å²) >= 11 is 1.34. The molecule has 2 heterocycles. The molecule has 0 fully saturated rings. The van der Waals surface area contributed by atoms with Gasteiger partial charge in [-0.1, -0.05) is 0 Å². The first-order valence-electron chi connectivity index (χ1n) is 5.58. The number of benzene rings is 1. The van der Waals surface area contributed by atoms with E-state index in [2.05, 4.69) is 15.8 Å². The molecule has 0 saturated carbocycles. The monoisotopic (exact) mass is 261 g/mol. The van der Waals surface area contributed by atoms with E-state index in [1.54, 1.807) is 6.20 Å². The molecule has 4 nitrogen and oxygen atoms in total. The van der Waals surface area contributed by atoms with Gasteiger partial charge in [0, 0.05) is 12.0 Å². The van der Waals surface area contributed by atoms with Crippen LogP contribution in [0.4, 0.5) is 0 Å². The van der Waals surface area contributed by atoms with Crippen LogP contribution in [-0.4, -0.2) is 24.7 Å². The van der Waals surface area contributed by atoms with Crippen molar-refractivity contribution in [1.29, 1.82) is 0 Å². The predicted octanol–water partition coefficient (Wildman–Crippen LogP) is 2.53. The summed E-state index contributed by atoms with van der Waals surface area (Å²) in [6, 6.07) is 5.99. The molecule has 0 radical (unpaired) electrons. The minimum atomic E-state index is -0.344. The zero-order chi connectivity index (χ0) is 12.5. The van der Waals surface area contributed by atoms with Crippen LogP contribution in [0.2, 0.25) is 0 Å². The molecule has 1 aromatic heterocycles. The number of nitrogens with zero attached hydrogens (tertiary/aromatic N) is 1. The quantitative estimate of drug-likeness (QED) is 0.779. The molecule has 0 unspecified atom stereocenters. The minimum Gasteiger partial charge on any atom is -0.493 e. The number of methoxy groups -OCH3 is 1. The third kappa shape index (κ3) is 1.86. The summed E-state index contributed by atoms with van der Waals surface area (Å²) in [6.45, 7) is 0.740. The summed E-state index contributed by atoms with van der Waals surface area (Å²) in [5.41, 5.74) is 2.21. The van der Waals surface area contributed by atoms with Crippen LogP contribution in [0.25, 0.3) is 10.6 Å². The highest BCUT2D eigenvalue weighted by Crippen LogP contribution is 2.32. The molecular formula is C13H11NO3S. The Morgan fingerprint density at radius 1 is 1.50 bits per heavy atom. The molecule has 0 saturated heterocycles. The number of hydrogen-bond donors (Lipinski definition) is 0. The van der Waals surface area contributed by atoms with Crippen LogP contribution in [0.3, 0.4) is 0 Å². The maximum Gasteiger partial charge on any atom is 0.349 e. The first-order chi connectivity index (χ1) is 8.78. The Kier molecular flexibility index (Phi) is 2.76. The number of aromatic nitrogens is 1. The summed E-state index contributed by atoms with van der Waals surface area (Å²) in [5.74, 6) is 0.603. The van der Waals surface area contributed by atoms with E-state index in [0.29, 0.717) is 4.88 Å². The van der Waals surface area contributed by atoms with Gasteiger partial charge in [0.15, 0.2) is 0 Å². The van der Waals surface area contributed by atoms with Crippen molar-refractivity contribution in [3.8, 4) is 16.3 Å². The van der Waals surface area contributed by atoms with Crippen LogP contribution in [0.15, 0.2) is 24.4 Å². The average Bonchev–Trinajstić information content (AvgIpc) is 3.05. The molecule has 18 heavy (non-hydrogen) atoms. The number of carbonyl (C=O) groups excluding carboxylic acids is 1. The Labute approximate surface area is 108 Å². The lowest BCUT2D eigenvalue weighted by Gasteiger charge is -2.00. The molecule has 92 valence electrons. The Morgan fingerprint density at radius 2 is 2.39 bits per heavy atom. The Morgan fingerprint density at radius 3 is 3.22 bits per heavy atom. The van der Waals surface area contributed by atoms with Crippen molar-refractivity contribution in [2.75, 3.05) is 13.7 Å². The summed E-state index contributed by atoms with van der Waals surface area (Å²) in [5, 5.41) is 0.824. The maximum absolute atomic E-state index is 11.4. The normalized spacial score (nSPS) is 12.9. The minimum absolute atomic E-state index is 0.344. The van der Waals surface area contributed by atoms with Crippen LogP contribution in [-0.2, 0) is 11.2 Å². The van der Waals surface area contributed by atoms with Crippen LogP contribution in [0, 0.1) is 0 Å². The smallest absolute Gasteiger partial charge is 0.349 e. The van der Waals surface area contributed by atoms with E-state index in [0.717, 1.165) is 29.3 Å². The Balaban J connectivity index is 1.95. The molecule has 1 aliphatic rings. The van der Waals surface area contributed by atoms with Crippen molar-refractivity contribution in [2.24, 2.45) is 0 Å². The first-order valence-corrected chi connectivity index (χ1v) is 6.40. The number of carbonyl (C=O) groups is 1. The fourth-order valence-electron chi connectivity index (χ4n) is 1.92. The van der Waals surface area contributed by atoms with Gasteiger partial charge in [-0.2, -0.15) is 0 Å². The van der Waals surface area contributed by atoms with E-state index in [9.17, 15) is 4.79 Å². The Bertz CT molecular complexity index is 606. The third-order valence-corrected chi connectivity index (χ3v) is 3.86. The van der Waals surface area contributed by atoms with Crippen molar-refractivity contribution in [2.45, 2.75) is 6.42 Å². The molecule has 5 heteroatoms. The number of thiazole rings is 1. The van der Waals surface area contributed by atoms with Gasteiger partial charge in [0.1, 0.15) is 15.6 Å². The van der Waals surface area contributed by atoms with E-state index >= 15 is 0 Å². The lowest BCUT2D eigenvalue weighted by Crippen LogP contribution is -1.96. The molecule has 0 atom stereocenters. The number of esters is 1. The number of ether oxygens (including phenoxy) is 2. The van der Waals surface area contributed by atoms with E-state index < -0.39 is 0 Å². The van der Waals surface area contributed by atoms with E-state index in [4.69, 9.17) is 4.74 Å². The topological polar surface area (TPSA) is 48.4 Å². The van der Waals surface area contributed by atoms with Crippen LogP contribution in [0.5, 0.6) is 5.75 Å². The van der Waals surface area contributed by atoms with Gasteiger partial charge in [-0.15, -0.1) is 11.3 Å². The molecule has 0 N–H and O–H groups in total. The largest absolute Gasteiger partial charge is 0.493 e. The molecule has 1 aliphatic heterocycles. The highest BCUT2D eigenvalue weighted by molar-refractivity contribution is 7.16. The van der Waals surface area contributed by atoms with Gasteiger partial charge >= 0.3 is 5.97 Å². The average molecular weight is 261 g/mol. The third-order valence-electron chi connectivity index (χ3n) is 2.83. The number of fused-ring (bicyclic) bond motifs is 1. The lowest BCUT2D eigenvalue weighted by atomic mass is 10.1. The van der Waals surface area contributed by atoms with Crippen molar-refractivity contribution >= 4 is 17.3 Å². The SMILES string of the molecule is COC(=O)c1cnc(-c2ccc3c(c2)CCO3)s1. The van der Waals surface area contributed by atoms with Crippen LogP contribution < -0.4 is 4.74 Å². The zero-order valence-corrected chi connectivity index (χ0v) is 10.6.